The average Bonchev–Trinajstić information content (AvgIpc) is 2.41. The Morgan fingerprint density at radius 1 is 1.15 bits per heavy atom. The van der Waals surface area contributed by atoms with Crippen LogP contribution in [0.25, 0.3) is 0 Å². The van der Waals surface area contributed by atoms with Gasteiger partial charge in [-0.15, -0.1) is 0 Å². The summed E-state index contributed by atoms with van der Waals surface area (Å²) in [7, 11) is 1.62. The molecular formula is C16H18ClNO2. The summed E-state index contributed by atoms with van der Waals surface area (Å²) in [6.07, 6.45) is 0.791. The first-order valence-electron chi connectivity index (χ1n) is 6.44. The molecule has 1 atom stereocenters. The number of halogens is 1. The molecule has 2 N–H and O–H groups in total. The van der Waals surface area contributed by atoms with Crippen LogP contribution in [-0.4, -0.2) is 13.2 Å². The Morgan fingerprint density at radius 2 is 1.90 bits per heavy atom. The molecule has 3 nitrogen and oxygen atoms in total. The van der Waals surface area contributed by atoms with Crippen molar-refractivity contribution in [2.45, 2.75) is 19.4 Å². The molecule has 2 rings (SSSR count). The normalized spacial score (nSPS) is 12.0. The fourth-order valence-electron chi connectivity index (χ4n) is 1.92. The number of hydrogen-bond acceptors (Lipinski definition) is 3. The molecule has 1 unspecified atom stereocenters. The van der Waals surface area contributed by atoms with Crippen LogP contribution in [0.5, 0.6) is 17.2 Å². The van der Waals surface area contributed by atoms with Crippen molar-refractivity contribution in [3.8, 4) is 17.2 Å². The zero-order chi connectivity index (χ0) is 14.5. The molecule has 4 heteroatoms. The minimum absolute atomic E-state index is 0.108. The molecule has 0 amide bonds. The Kier molecular flexibility index (Phi) is 4.88. The van der Waals surface area contributed by atoms with E-state index >= 15 is 0 Å². The van der Waals surface area contributed by atoms with Gasteiger partial charge in [-0.25, -0.2) is 0 Å². The van der Waals surface area contributed by atoms with E-state index in [9.17, 15) is 0 Å². The van der Waals surface area contributed by atoms with Gasteiger partial charge in [-0.1, -0.05) is 23.7 Å². The van der Waals surface area contributed by atoms with Crippen LogP contribution in [0.3, 0.4) is 0 Å². The minimum Gasteiger partial charge on any atom is -0.497 e. The minimum atomic E-state index is 0.108. The molecule has 0 aliphatic carbocycles. The van der Waals surface area contributed by atoms with Gasteiger partial charge >= 0.3 is 0 Å². The fraction of sp³-hybridized carbons (Fsp3) is 0.250. The van der Waals surface area contributed by atoms with Crippen LogP contribution in [0.15, 0.2) is 42.5 Å². The van der Waals surface area contributed by atoms with Crippen LogP contribution in [0.4, 0.5) is 0 Å². The van der Waals surface area contributed by atoms with Crippen LogP contribution < -0.4 is 15.2 Å². The van der Waals surface area contributed by atoms with Crippen LogP contribution >= 0.6 is 11.6 Å². The maximum atomic E-state index is 6.24. The summed E-state index contributed by atoms with van der Waals surface area (Å²) in [5, 5.41) is 0.575. The molecule has 0 spiro atoms. The van der Waals surface area contributed by atoms with Gasteiger partial charge in [0, 0.05) is 12.1 Å². The summed E-state index contributed by atoms with van der Waals surface area (Å²) in [4.78, 5) is 0. The second-order valence-electron chi connectivity index (χ2n) is 4.73. The quantitative estimate of drug-likeness (QED) is 0.904. The van der Waals surface area contributed by atoms with Gasteiger partial charge in [0.2, 0.25) is 0 Å². The predicted molar refractivity (Wildman–Crippen MR) is 81.9 cm³/mol. The van der Waals surface area contributed by atoms with E-state index < -0.39 is 0 Å². The standard InChI is InChI=1S/C16H18ClNO2/c1-11(18)8-12-6-7-16(15(17)9-12)20-14-5-3-4-13(10-14)19-2/h3-7,9-11H,8,18H2,1-2H3. The van der Waals surface area contributed by atoms with E-state index in [1.807, 2.05) is 49.4 Å². The van der Waals surface area contributed by atoms with Crippen molar-refractivity contribution in [1.29, 1.82) is 0 Å². The van der Waals surface area contributed by atoms with Gasteiger partial charge in [-0.05, 0) is 43.2 Å². The largest absolute Gasteiger partial charge is 0.497 e. The lowest BCUT2D eigenvalue weighted by atomic mass is 10.1. The van der Waals surface area contributed by atoms with Gasteiger partial charge in [0.25, 0.3) is 0 Å². The lowest BCUT2D eigenvalue weighted by Crippen LogP contribution is -2.17. The van der Waals surface area contributed by atoms with E-state index in [0.717, 1.165) is 17.7 Å². The smallest absolute Gasteiger partial charge is 0.146 e. The number of hydrogen-bond donors (Lipinski definition) is 1. The van der Waals surface area contributed by atoms with Gasteiger partial charge < -0.3 is 15.2 Å². The highest BCUT2D eigenvalue weighted by molar-refractivity contribution is 6.32. The number of rotatable bonds is 5. The number of ether oxygens (including phenoxy) is 2. The summed E-state index contributed by atoms with van der Waals surface area (Å²) in [6, 6.07) is 13.2. The molecule has 0 aliphatic rings. The number of nitrogens with two attached hydrogens (primary N) is 1. The summed E-state index contributed by atoms with van der Waals surface area (Å²) in [6.45, 7) is 1.97. The highest BCUT2D eigenvalue weighted by Gasteiger charge is 2.06. The van der Waals surface area contributed by atoms with Crippen molar-refractivity contribution in [3.05, 3.63) is 53.1 Å². The summed E-state index contributed by atoms with van der Waals surface area (Å²) >= 11 is 6.24. The second-order valence-corrected chi connectivity index (χ2v) is 5.13. The van der Waals surface area contributed by atoms with Gasteiger partial charge in [-0.3, -0.25) is 0 Å². The molecule has 0 aliphatic heterocycles. The summed E-state index contributed by atoms with van der Waals surface area (Å²) in [5.41, 5.74) is 6.88. The van der Waals surface area contributed by atoms with E-state index in [-0.39, 0.29) is 6.04 Å². The Bertz CT molecular complexity index is 584. The molecule has 106 valence electrons. The van der Waals surface area contributed by atoms with Crippen LogP contribution in [0.2, 0.25) is 5.02 Å². The Hall–Kier alpha value is -1.71. The molecule has 0 saturated heterocycles. The van der Waals surface area contributed by atoms with E-state index in [1.165, 1.54) is 0 Å². The molecular weight excluding hydrogens is 274 g/mol. The monoisotopic (exact) mass is 291 g/mol. The van der Waals surface area contributed by atoms with E-state index in [1.54, 1.807) is 7.11 Å². The Labute approximate surface area is 124 Å². The van der Waals surface area contributed by atoms with Crippen molar-refractivity contribution < 1.29 is 9.47 Å². The van der Waals surface area contributed by atoms with Crippen molar-refractivity contribution in [1.82, 2.24) is 0 Å². The van der Waals surface area contributed by atoms with Gasteiger partial charge in [-0.2, -0.15) is 0 Å². The topological polar surface area (TPSA) is 44.5 Å². The lowest BCUT2D eigenvalue weighted by Gasteiger charge is -2.11. The molecule has 0 bridgehead atoms. The molecule has 2 aromatic rings. The van der Waals surface area contributed by atoms with E-state index in [4.69, 9.17) is 26.8 Å². The lowest BCUT2D eigenvalue weighted by molar-refractivity contribution is 0.409. The SMILES string of the molecule is COc1cccc(Oc2ccc(CC(C)N)cc2Cl)c1. The highest BCUT2D eigenvalue weighted by Crippen LogP contribution is 2.31. The van der Waals surface area contributed by atoms with Crippen molar-refractivity contribution in [3.63, 3.8) is 0 Å². The Balaban J connectivity index is 2.16. The molecule has 0 aromatic heterocycles. The van der Waals surface area contributed by atoms with Crippen LogP contribution in [0, 0.1) is 0 Å². The van der Waals surface area contributed by atoms with Gasteiger partial charge in [0.05, 0.1) is 12.1 Å². The molecule has 20 heavy (non-hydrogen) atoms. The molecule has 2 aromatic carbocycles. The van der Waals surface area contributed by atoms with Gasteiger partial charge in [0.1, 0.15) is 17.2 Å². The number of methoxy groups -OCH3 is 1. The molecule has 0 saturated carbocycles. The summed E-state index contributed by atoms with van der Waals surface area (Å²) < 4.78 is 10.9. The average molecular weight is 292 g/mol. The first-order chi connectivity index (χ1) is 9.58. The van der Waals surface area contributed by atoms with Gasteiger partial charge in [0.15, 0.2) is 0 Å². The first kappa shape index (κ1) is 14.7. The fourth-order valence-corrected chi connectivity index (χ4v) is 2.16. The third-order valence-electron chi connectivity index (χ3n) is 2.82. The van der Waals surface area contributed by atoms with E-state index in [2.05, 4.69) is 0 Å². The van der Waals surface area contributed by atoms with Crippen molar-refractivity contribution >= 4 is 11.6 Å². The maximum Gasteiger partial charge on any atom is 0.146 e. The third-order valence-corrected chi connectivity index (χ3v) is 3.12. The number of benzene rings is 2. The third kappa shape index (κ3) is 3.89. The maximum absolute atomic E-state index is 6.24. The molecule has 0 heterocycles. The zero-order valence-corrected chi connectivity index (χ0v) is 12.4. The van der Waals surface area contributed by atoms with Crippen molar-refractivity contribution in [2.24, 2.45) is 5.73 Å². The van der Waals surface area contributed by atoms with Crippen LogP contribution in [0.1, 0.15) is 12.5 Å². The summed E-state index contributed by atoms with van der Waals surface area (Å²) in [5.74, 6) is 2.05. The highest BCUT2D eigenvalue weighted by atomic mass is 35.5. The predicted octanol–water partition coefficient (Wildman–Crippen LogP) is 4.03. The zero-order valence-electron chi connectivity index (χ0n) is 11.6. The molecule has 0 fully saturated rings. The Morgan fingerprint density at radius 3 is 2.55 bits per heavy atom. The second kappa shape index (κ2) is 6.64. The van der Waals surface area contributed by atoms with Crippen molar-refractivity contribution in [2.75, 3.05) is 7.11 Å². The first-order valence-corrected chi connectivity index (χ1v) is 6.82. The van der Waals surface area contributed by atoms with Crippen LogP contribution in [-0.2, 0) is 6.42 Å². The molecule has 0 radical (unpaired) electrons. The van der Waals surface area contributed by atoms with E-state index in [0.29, 0.717) is 16.5 Å².